The van der Waals surface area contributed by atoms with Gasteiger partial charge in [0.05, 0.1) is 17.1 Å². The van der Waals surface area contributed by atoms with Crippen LogP contribution in [0, 0.1) is 0 Å². The minimum atomic E-state index is -3.00. The maximum atomic E-state index is 11.8. The lowest BCUT2D eigenvalue weighted by molar-refractivity contribution is 0.0949. The molecule has 0 atom stereocenters. The van der Waals surface area contributed by atoms with Crippen LogP contribution in [0.1, 0.15) is 35.9 Å². The highest BCUT2D eigenvalue weighted by molar-refractivity contribution is 7.90. The summed E-state index contributed by atoms with van der Waals surface area (Å²) in [5.41, 5.74) is 7.10. The molecule has 1 aromatic rings. The first-order valence-electron chi connectivity index (χ1n) is 6.13. The SMILES string of the molecule is CCCc1[nH]nc(C(=O)NCCCS(C)(=O)=O)c1N. The number of aryl methyl sites for hydroxylation is 1. The fourth-order valence-electron chi connectivity index (χ4n) is 1.62. The molecule has 0 aromatic carbocycles. The average molecular weight is 288 g/mol. The summed E-state index contributed by atoms with van der Waals surface area (Å²) in [7, 11) is -3.00. The molecule has 0 bridgehead atoms. The number of nitrogen functional groups attached to an aromatic ring is 1. The summed E-state index contributed by atoms with van der Waals surface area (Å²) in [6, 6.07) is 0. The van der Waals surface area contributed by atoms with E-state index in [-0.39, 0.29) is 23.9 Å². The Balaban J connectivity index is 2.50. The third-order valence-electron chi connectivity index (χ3n) is 2.58. The molecular formula is C11H20N4O3S. The molecular weight excluding hydrogens is 268 g/mol. The number of carbonyl (C=O) groups is 1. The molecule has 0 radical (unpaired) electrons. The van der Waals surface area contributed by atoms with E-state index < -0.39 is 9.84 Å². The number of sulfone groups is 1. The number of hydrogen-bond donors (Lipinski definition) is 3. The van der Waals surface area contributed by atoms with Crippen molar-refractivity contribution in [2.45, 2.75) is 26.2 Å². The van der Waals surface area contributed by atoms with Gasteiger partial charge in [-0.2, -0.15) is 5.10 Å². The van der Waals surface area contributed by atoms with Crippen molar-refractivity contribution in [2.75, 3.05) is 24.3 Å². The number of H-pyrrole nitrogens is 1. The Morgan fingerprint density at radius 3 is 2.74 bits per heavy atom. The first-order chi connectivity index (χ1) is 8.85. The summed E-state index contributed by atoms with van der Waals surface area (Å²) in [6.45, 7) is 2.28. The van der Waals surface area contributed by atoms with Gasteiger partial charge in [-0.25, -0.2) is 8.42 Å². The van der Waals surface area contributed by atoms with E-state index in [0.717, 1.165) is 24.8 Å². The Labute approximate surface area is 112 Å². The number of carbonyl (C=O) groups excluding carboxylic acids is 1. The molecule has 0 saturated carbocycles. The number of nitrogens with zero attached hydrogens (tertiary/aromatic N) is 1. The molecule has 19 heavy (non-hydrogen) atoms. The van der Waals surface area contributed by atoms with Gasteiger partial charge in [-0.15, -0.1) is 0 Å². The maximum absolute atomic E-state index is 11.8. The number of aromatic amines is 1. The number of nitrogens with one attached hydrogen (secondary N) is 2. The molecule has 1 aromatic heterocycles. The van der Waals surface area contributed by atoms with E-state index >= 15 is 0 Å². The second kappa shape index (κ2) is 6.55. The van der Waals surface area contributed by atoms with E-state index in [4.69, 9.17) is 5.73 Å². The molecule has 0 aliphatic carbocycles. The molecule has 1 rings (SSSR count). The van der Waals surface area contributed by atoms with Crippen molar-refractivity contribution in [1.82, 2.24) is 15.5 Å². The number of hydrogen-bond acceptors (Lipinski definition) is 5. The Kier molecular flexibility index (Phi) is 5.34. The number of nitrogens with two attached hydrogens (primary N) is 1. The highest BCUT2D eigenvalue weighted by Gasteiger charge is 2.16. The van der Waals surface area contributed by atoms with Crippen LogP contribution in [0.15, 0.2) is 0 Å². The average Bonchev–Trinajstić information content (AvgIpc) is 2.66. The van der Waals surface area contributed by atoms with Gasteiger partial charge in [0, 0.05) is 12.8 Å². The predicted molar refractivity (Wildman–Crippen MR) is 73.7 cm³/mol. The van der Waals surface area contributed by atoms with Crippen LogP contribution in [0.25, 0.3) is 0 Å². The molecule has 108 valence electrons. The monoisotopic (exact) mass is 288 g/mol. The zero-order valence-corrected chi connectivity index (χ0v) is 12.0. The van der Waals surface area contributed by atoms with Gasteiger partial charge >= 0.3 is 0 Å². The van der Waals surface area contributed by atoms with E-state index in [2.05, 4.69) is 15.5 Å². The zero-order chi connectivity index (χ0) is 14.5. The van der Waals surface area contributed by atoms with Crippen LogP contribution >= 0.6 is 0 Å². The minimum Gasteiger partial charge on any atom is -0.395 e. The standard InChI is InChI=1S/C11H20N4O3S/c1-3-5-8-9(12)10(15-14-8)11(16)13-6-4-7-19(2,17)18/h3-7,12H2,1-2H3,(H,13,16)(H,14,15). The zero-order valence-electron chi connectivity index (χ0n) is 11.2. The minimum absolute atomic E-state index is 0.0460. The number of amides is 1. The van der Waals surface area contributed by atoms with Crippen LogP contribution < -0.4 is 11.1 Å². The molecule has 7 nitrogen and oxygen atoms in total. The van der Waals surface area contributed by atoms with Gasteiger partial charge in [0.15, 0.2) is 5.69 Å². The van der Waals surface area contributed by atoms with E-state index in [1.54, 1.807) is 0 Å². The first kappa shape index (κ1) is 15.5. The molecule has 4 N–H and O–H groups in total. The molecule has 1 heterocycles. The Morgan fingerprint density at radius 1 is 1.47 bits per heavy atom. The molecule has 0 unspecified atom stereocenters. The van der Waals surface area contributed by atoms with Crippen molar-refractivity contribution < 1.29 is 13.2 Å². The first-order valence-corrected chi connectivity index (χ1v) is 8.19. The predicted octanol–water partition coefficient (Wildman–Crippen LogP) is 0.109. The summed E-state index contributed by atoms with van der Waals surface area (Å²) in [4.78, 5) is 11.8. The van der Waals surface area contributed by atoms with Crippen LogP contribution in [-0.4, -0.2) is 43.1 Å². The summed E-state index contributed by atoms with van der Waals surface area (Å²) >= 11 is 0. The van der Waals surface area contributed by atoms with Gasteiger partial charge in [0.2, 0.25) is 0 Å². The Morgan fingerprint density at radius 2 is 2.16 bits per heavy atom. The van der Waals surface area contributed by atoms with Crippen molar-refractivity contribution in [2.24, 2.45) is 0 Å². The highest BCUT2D eigenvalue weighted by Crippen LogP contribution is 2.15. The van der Waals surface area contributed by atoms with Crippen molar-refractivity contribution in [3.8, 4) is 0 Å². The number of aromatic nitrogens is 2. The van der Waals surface area contributed by atoms with Crippen LogP contribution in [0.3, 0.4) is 0 Å². The second-order valence-electron chi connectivity index (χ2n) is 4.45. The van der Waals surface area contributed by atoms with Gasteiger partial charge in [-0.1, -0.05) is 13.3 Å². The summed E-state index contributed by atoms with van der Waals surface area (Å²) in [5.74, 6) is -0.339. The van der Waals surface area contributed by atoms with Gasteiger partial charge in [-0.3, -0.25) is 9.89 Å². The Hall–Kier alpha value is -1.57. The summed E-state index contributed by atoms with van der Waals surface area (Å²) in [5, 5.41) is 9.22. The third-order valence-corrected chi connectivity index (χ3v) is 3.61. The maximum Gasteiger partial charge on any atom is 0.273 e. The number of rotatable bonds is 7. The van der Waals surface area contributed by atoms with E-state index in [9.17, 15) is 13.2 Å². The molecule has 0 aliphatic heterocycles. The largest absolute Gasteiger partial charge is 0.395 e. The molecule has 0 fully saturated rings. The van der Waals surface area contributed by atoms with Crippen LogP contribution in [-0.2, 0) is 16.3 Å². The fraction of sp³-hybridized carbons (Fsp3) is 0.636. The van der Waals surface area contributed by atoms with Crippen LogP contribution in [0.4, 0.5) is 5.69 Å². The lowest BCUT2D eigenvalue weighted by atomic mass is 10.2. The van der Waals surface area contributed by atoms with Crippen molar-refractivity contribution in [1.29, 1.82) is 0 Å². The second-order valence-corrected chi connectivity index (χ2v) is 6.71. The normalized spacial score (nSPS) is 11.5. The lowest BCUT2D eigenvalue weighted by Crippen LogP contribution is -2.26. The fourth-order valence-corrected chi connectivity index (χ4v) is 2.29. The quantitative estimate of drug-likeness (QED) is 0.615. The van der Waals surface area contributed by atoms with Gasteiger partial charge in [0.25, 0.3) is 5.91 Å². The van der Waals surface area contributed by atoms with Gasteiger partial charge in [-0.05, 0) is 12.8 Å². The van der Waals surface area contributed by atoms with E-state index in [1.807, 2.05) is 6.92 Å². The van der Waals surface area contributed by atoms with Crippen LogP contribution in [0.2, 0.25) is 0 Å². The van der Waals surface area contributed by atoms with Crippen molar-refractivity contribution >= 4 is 21.4 Å². The van der Waals surface area contributed by atoms with E-state index in [0.29, 0.717) is 12.1 Å². The molecule has 0 aliphatic rings. The molecule has 0 saturated heterocycles. The van der Waals surface area contributed by atoms with Crippen molar-refractivity contribution in [3.63, 3.8) is 0 Å². The van der Waals surface area contributed by atoms with E-state index in [1.165, 1.54) is 0 Å². The summed E-state index contributed by atoms with van der Waals surface area (Å²) < 4.78 is 21.9. The highest BCUT2D eigenvalue weighted by atomic mass is 32.2. The van der Waals surface area contributed by atoms with Crippen LogP contribution in [0.5, 0.6) is 0 Å². The van der Waals surface area contributed by atoms with Gasteiger partial charge in [0.1, 0.15) is 9.84 Å². The molecule has 8 heteroatoms. The molecule has 1 amide bonds. The van der Waals surface area contributed by atoms with Crippen molar-refractivity contribution in [3.05, 3.63) is 11.4 Å². The van der Waals surface area contributed by atoms with Gasteiger partial charge < -0.3 is 11.1 Å². The topological polar surface area (TPSA) is 118 Å². The lowest BCUT2D eigenvalue weighted by Gasteiger charge is -2.03. The summed E-state index contributed by atoms with van der Waals surface area (Å²) in [6.07, 6.45) is 3.18. The third kappa shape index (κ3) is 4.90. The molecule has 0 spiro atoms. The number of anilines is 1. The smallest absolute Gasteiger partial charge is 0.273 e. The Bertz CT molecular complexity index is 536.